The van der Waals surface area contributed by atoms with E-state index in [-0.39, 0.29) is 12.6 Å². The second-order valence-corrected chi connectivity index (χ2v) is 6.67. The molecule has 0 N–H and O–H groups in total. The second-order valence-electron chi connectivity index (χ2n) is 5.81. The molecule has 1 aromatic heterocycles. The summed E-state index contributed by atoms with van der Waals surface area (Å²) in [5.74, 6) is 0.641. The topological polar surface area (TPSA) is 66.9 Å². The Morgan fingerprint density at radius 3 is 2.34 bits per heavy atom. The molecule has 0 aliphatic heterocycles. The minimum absolute atomic E-state index is 0.0944. The van der Waals surface area contributed by atoms with Gasteiger partial charge < -0.3 is 18.9 Å². The van der Waals surface area contributed by atoms with E-state index in [4.69, 9.17) is 18.9 Å². The highest BCUT2D eigenvalue weighted by molar-refractivity contribution is 9.10. The number of carbonyl (C=O) groups is 1. The van der Waals surface area contributed by atoms with Crippen molar-refractivity contribution in [3.8, 4) is 11.6 Å². The fraction of sp³-hybridized carbons (Fsp3) is 0.333. The molecule has 2 aromatic rings. The second kappa shape index (κ2) is 13.0. The van der Waals surface area contributed by atoms with Crippen molar-refractivity contribution >= 4 is 34.1 Å². The Bertz CT molecular complexity index is 798. The van der Waals surface area contributed by atoms with Gasteiger partial charge in [-0.05, 0) is 45.3 Å². The Labute approximate surface area is 177 Å². The van der Waals surface area contributed by atoms with Crippen molar-refractivity contribution in [1.29, 1.82) is 0 Å². The largest absolute Gasteiger partial charge is 0.474 e. The van der Waals surface area contributed by atoms with E-state index in [1.165, 1.54) is 6.92 Å². The maximum absolute atomic E-state index is 11.8. The molecule has 6 nitrogen and oxygen atoms in total. The van der Waals surface area contributed by atoms with Crippen LogP contribution in [0.5, 0.6) is 11.6 Å². The van der Waals surface area contributed by atoms with Crippen LogP contribution in [0, 0.1) is 0 Å². The summed E-state index contributed by atoms with van der Waals surface area (Å²) in [7, 11) is 0. The fourth-order valence-corrected chi connectivity index (χ4v) is 2.70. The van der Waals surface area contributed by atoms with Crippen molar-refractivity contribution < 1.29 is 28.1 Å². The van der Waals surface area contributed by atoms with E-state index >= 15 is 0 Å². The number of hydrogen-bond donors (Lipinski definition) is 0. The van der Waals surface area contributed by atoms with Crippen LogP contribution in [-0.2, 0) is 14.3 Å². The Morgan fingerprint density at radius 1 is 1.03 bits per heavy atom. The number of nitrogens with zero attached hydrogens (tertiary/aromatic N) is 1. The first kappa shape index (κ1) is 23.0. The summed E-state index contributed by atoms with van der Waals surface area (Å²) in [4.78, 5) is 15.2. The lowest BCUT2D eigenvalue weighted by atomic mass is 10.1. The van der Waals surface area contributed by atoms with Crippen LogP contribution in [-0.4, -0.2) is 50.7 Å². The van der Waals surface area contributed by atoms with Crippen molar-refractivity contribution in [2.45, 2.75) is 6.92 Å². The lowest BCUT2D eigenvalue weighted by Crippen LogP contribution is -2.12. The average Bonchev–Trinajstić information content (AvgIpc) is 2.70. The molecule has 0 saturated carbocycles. The van der Waals surface area contributed by atoms with Crippen LogP contribution >= 0.6 is 15.9 Å². The van der Waals surface area contributed by atoms with Gasteiger partial charge in [0.2, 0.25) is 5.88 Å². The Morgan fingerprint density at radius 2 is 1.69 bits per heavy atom. The van der Waals surface area contributed by atoms with Crippen molar-refractivity contribution in [3.05, 3.63) is 52.1 Å². The molecule has 156 valence electrons. The first-order valence-corrected chi connectivity index (χ1v) is 9.84. The van der Waals surface area contributed by atoms with E-state index in [2.05, 4.69) is 20.9 Å². The van der Waals surface area contributed by atoms with Gasteiger partial charge in [-0.15, -0.1) is 0 Å². The van der Waals surface area contributed by atoms with Gasteiger partial charge in [0.05, 0.1) is 30.9 Å². The van der Waals surface area contributed by atoms with Gasteiger partial charge in [-0.25, -0.2) is 9.37 Å². The zero-order chi connectivity index (χ0) is 20.9. The average molecular weight is 468 g/mol. The van der Waals surface area contributed by atoms with Crippen LogP contribution in [0.15, 0.2) is 41.0 Å². The molecule has 1 aromatic carbocycles. The summed E-state index contributed by atoms with van der Waals surface area (Å²) < 4.78 is 33.5. The quantitative estimate of drug-likeness (QED) is 0.263. The predicted molar refractivity (Wildman–Crippen MR) is 112 cm³/mol. The molecule has 0 spiro atoms. The molecule has 0 saturated heterocycles. The van der Waals surface area contributed by atoms with E-state index in [1.807, 2.05) is 30.4 Å². The molecule has 29 heavy (non-hydrogen) atoms. The van der Waals surface area contributed by atoms with Gasteiger partial charge in [0, 0.05) is 13.1 Å². The van der Waals surface area contributed by atoms with E-state index in [1.54, 1.807) is 18.3 Å². The summed E-state index contributed by atoms with van der Waals surface area (Å²) in [6.45, 7) is 2.46. The monoisotopic (exact) mass is 467 g/mol. The Balaban J connectivity index is 1.78. The van der Waals surface area contributed by atoms with Crippen LogP contribution in [0.1, 0.15) is 18.1 Å². The highest BCUT2D eigenvalue weighted by Gasteiger charge is 2.04. The summed E-state index contributed by atoms with van der Waals surface area (Å²) in [5, 5.41) is 0. The van der Waals surface area contributed by atoms with Crippen LogP contribution in [0.2, 0.25) is 0 Å². The highest BCUT2D eigenvalue weighted by atomic mass is 79.9. The third-order valence-electron chi connectivity index (χ3n) is 3.50. The third kappa shape index (κ3) is 9.17. The van der Waals surface area contributed by atoms with E-state index < -0.39 is 6.67 Å². The van der Waals surface area contributed by atoms with Gasteiger partial charge in [0.15, 0.2) is 0 Å². The molecule has 0 radical (unpaired) electrons. The fourth-order valence-electron chi connectivity index (χ4n) is 2.22. The minimum atomic E-state index is -0.490. The lowest BCUT2D eigenvalue weighted by molar-refractivity contribution is -0.131. The Kier molecular flexibility index (Phi) is 10.3. The zero-order valence-corrected chi connectivity index (χ0v) is 17.7. The number of carbonyl (C=O) groups excluding carboxylic acids is 1. The number of pyridine rings is 1. The highest BCUT2D eigenvalue weighted by Crippen LogP contribution is 2.24. The molecule has 0 atom stereocenters. The summed E-state index contributed by atoms with van der Waals surface area (Å²) >= 11 is 3.45. The smallest absolute Gasteiger partial charge is 0.308 e. The predicted octanol–water partition coefficient (Wildman–Crippen LogP) is 4.32. The molecule has 0 aliphatic rings. The normalized spacial score (nSPS) is 11.0. The third-order valence-corrected chi connectivity index (χ3v) is 4.07. The molecule has 0 amide bonds. The van der Waals surface area contributed by atoms with Gasteiger partial charge >= 0.3 is 5.97 Å². The van der Waals surface area contributed by atoms with Crippen molar-refractivity contribution in [2.24, 2.45) is 0 Å². The molecule has 8 heteroatoms. The molecule has 2 rings (SSSR count). The first-order valence-electron chi connectivity index (χ1n) is 9.05. The van der Waals surface area contributed by atoms with E-state index in [9.17, 15) is 9.18 Å². The standard InChI is InChI=1S/C21H23BrFNO5/c1-16(25)29-19-6-4-17(5-7-19)2-3-18-14-20(22)21(24-15-18)28-13-12-27-11-10-26-9-8-23/h2-7,14-15H,8-13H2,1H3. The van der Waals surface area contributed by atoms with Gasteiger partial charge in [-0.3, -0.25) is 4.79 Å². The summed E-state index contributed by atoms with van der Waals surface area (Å²) in [6, 6.07) is 9.09. The molecule has 1 heterocycles. The summed E-state index contributed by atoms with van der Waals surface area (Å²) in [5.41, 5.74) is 1.86. The van der Waals surface area contributed by atoms with E-state index in [0.29, 0.717) is 38.1 Å². The molecule has 0 unspecified atom stereocenters. The molecular formula is C21H23BrFNO5. The maximum atomic E-state index is 11.8. The van der Waals surface area contributed by atoms with Crippen LogP contribution in [0.3, 0.4) is 0 Å². The molecule has 0 bridgehead atoms. The molecular weight excluding hydrogens is 445 g/mol. The van der Waals surface area contributed by atoms with Crippen LogP contribution in [0.4, 0.5) is 4.39 Å². The Hall–Kier alpha value is -2.29. The zero-order valence-electron chi connectivity index (χ0n) is 16.1. The lowest BCUT2D eigenvalue weighted by Gasteiger charge is -2.08. The van der Waals surface area contributed by atoms with Gasteiger partial charge in [0.25, 0.3) is 0 Å². The number of alkyl halides is 1. The number of rotatable bonds is 12. The van der Waals surface area contributed by atoms with Crippen LogP contribution < -0.4 is 9.47 Å². The van der Waals surface area contributed by atoms with Crippen molar-refractivity contribution in [1.82, 2.24) is 4.98 Å². The molecule has 0 fully saturated rings. The van der Waals surface area contributed by atoms with Crippen LogP contribution in [0.25, 0.3) is 12.2 Å². The number of benzene rings is 1. The summed E-state index contributed by atoms with van der Waals surface area (Å²) in [6.07, 6.45) is 5.55. The van der Waals surface area contributed by atoms with Crippen molar-refractivity contribution in [2.75, 3.05) is 39.7 Å². The van der Waals surface area contributed by atoms with Gasteiger partial charge in [-0.2, -0.15) is 0 Å². The van der Waals surface area contributed by atoms with Gasteiger partial charge in [0.1, 0.15) is 19.0 Å². The SMILES string of the molecule is CC(=O)Oc1ccc(C=Cc2cnc(OCCOCCOCCF)c(Br)c2)cc1. The number of aromatic nitrogens is 1. The number of ether oxygens (including phenoxy) is 4. The maximum Gasteiger partial charge on any atom is 0.308 e. The minimum Gasteiger partial charge on any atom is -0.474 e. The van der Waals surface area contributed by atoms with E-state index in [0.717, 1.165) is 15.6 Å². The first-order chi connectivity index (χ1) is 14.1. The number of halogens is 2. The number of hydrogen-bond acceptors (Lipinski definition) is 6. The van der Waals surface area contributed by atoms with Crippen molar-refractivity contribution in [3.63, 3.8) is 0 Å². The number of esters is 1. The molecule has 0 aliphatic carbocycles. The van der Waals surface area contributed by atoms with Gasteiger partial charge in [-0.1, -0.05) is 24.3 Å².